The zero-order valence-electron chi connectivity index (χ0n) is 26.0. The van der Waals surface area contributed by atoms with Gasteiger partial charge in [0.1, 0.15) is 6.04 Å². The summed E-state index contributed by atoms with van der Waals surface area (Å²) >= 11 is 0. The molecule has 1 aliphatic carbocycles. The number of fused-ring (bicyclic) bond motifs is 1. The topological polar surface area (TPSA) is 73.0 Å². The third-order valence-electron chi connectivity index (χ3n) is 9.48. The number of amides is 3. The third-order valence-corrected chi connectivity index (χ3v) is 9.48. The van der Waals surface area contributed by atoms with Crippen LogP contribution >= 0.6 is 0 Å². The van der Waals surface area contributed by atoms with Crippen LogP contribution in [0.4, 0.5) is 0 Å². The van der Waals surface area contributed by atoms with Gasteiger partial charge in [-0.3, -0.25) is 19.3 Å². The van der Waals surface area contributed by atoms with Gasteiger partial charge in [-0.25, -0.2) is 0 Å². The van der Waals surface area contributed by atoms with Gasteiger partial charge in [0.2, 0.25) is 17.7 Å². The molecule has 3 rings (SSSR count). The summed E-state index contributed by atoms with van der Waals surface area (Å²) in [4.78, 5) is 47.1. The fourth-order valence-corrected chi connectivity index (χ4v) is 7.17. The molecule has 222 valence electrons. The van der Waals surface area contributed by atoms with Crippen LogP contribution < -0.4 is 5.32 Å². The summed E-state index contributed by atoms with van der Waals surface area (Å²) in [7, 11) is 1.82. The zero-order chi connectivity index (χ0) is 28.9. The molecule has 1 N–H and O–H groups in total. The van der Waals surface area contributed by atoms with E-state index in [0.29, 0.717) is 12.0 Å². The van der Waals surface area contributed by atoms with Gasteiger partial charge in [0.15, 0.2) is 0 Å². The standard InChI is InChI=1S/C32H56N4O3/c1-21(2)28(20-24(7)31(38)36-19-13-15-25-14-9-10-16-26(25)36)34(8)32(39)29(22(3)4)33-30(37)27-17-11-12-18-35(27)23(5)6/h20-23,25-29H,9-19H2,1-8H3,(H,33,37)/t25?,26?,27?,28-,29+/m1/s1. The van der Waals surface area contributed by atoms with Crippen LogP contribution in [0.3, 0.4) is 0 Å². The van der Waals surface area contributed by atoms with Gasteiger partial charge in [-0.15, -0.1) is 0 Å². The number of hydrogen-bond donors (Lipinski definition) is 1. The maximum Gasteiger partial charge on any atom is 0.249 e. The predicted molar refractivity (Wildman–Crippen MR) is 158 cm³/mol. The van der Waals surface area contributed by atoms with Crippen LogP contribution in [0, 0.1) is 17.8 Å². The number of likely N-dealkylation sites (N-methyl/N-ethyl adjacent to an activating group) is 1. The van der Waals surface area contributed by atoms with E-state index in [1.54, 1.807) is 4.90 Å². The minimum Gasteiger partial charge on any atom is -0.343 e. The molecular formula is C32H56N4O3. The van der Waals surface area contributed by atoms with Crippen molar-refractivity contribution in [2.24, 2.45) is 17.8 Å². The van der Waals surface area contributed by atoms with Crippen LogP contribution in [0.25, 0.3) is 0 Å². The van der Waals surface area contributed by atoms with Crippen molar-refractivity contribution in [1.29, 1.82) is 0 Å². The highest BCUT2D eigenvalue weighted by atomic mass is 16.2. The molecule has 0 bridgehead atoms. The molecular weight excluding hydrogens is 488 g/mol. The van der Waals surface area contributed by atoms with Crippen LogP contribution in [0.1, 0.15) is 106 Å². The van der Waals surface area contributed by atoms with Crippen LogP contribution in [0.5, 0.6) is 0 Å². The molecule has 39 heavy (non-hydrogen) atoms. The van der Waals surface area contributed by atoms with E-state index in [2.05, 4.69) is 42.8 Å². The molecule has 5 atom stereocenters. The van der Waals surface area contributed by atoms with E-state index in [4.69, 9.17) is 0 Å². The van der Waals surface area contributed by atoms with E-state index in [9.17, 15) is 14.4 Å². The lowest BCUT2D eigenvalue weighted by Gasteiger charge is -2.44. The summed E-state index contributed by atoms with van der Waals surface area (Å²) in [6, 6.07) is -0.364. The number of nitrogens with one attached hydrogen (secondary N) is 1. The lowest BCUT2D eigenvalue weighted by molar-refractivity contribution is -0.140. The largest absolute Gasteiger partial charge is 0.343 e. The lowest BCUT2D eigenvalue weighted by Crippen LogP contribution is -2.58. The quantitative estimate of drug-likeness (QED) is 0.415. The summed E-state index contributed by atoms with van der Waals surface area (Å²) in [6.07, 6.45) is 12.1. The molecule has 3 amide bonds. The number of piperidine rings is 2. The Morgan fingerprint density at radius 1 is 0.846 bits per heavy atom. The van der Waals surface area contributed by atoms with Crippen molar-refractivity contribution in [3.05, 3.63) is 11.6 Å². The van der Waals surface area contributed by atoms with Gasteiger partial charge in [-0.2, -0.15) is 0 Å². The first kappa shape index (κ1) is 31.6. The predicted octanol–water partition coefficient (Wildman–Crippen LogP) is 5.00. The molecule has 7 nitrogen and oxygen atoms in total. The first-order valence-corrected chi connectivity index (χ1v) is 15.8. The lowest BCUT2D eigenvalue weighted by atomic mass is 9.78. The average molecular weight is 545 g/mol. The van der Waals surface area contributed by atoms with Gasteiger partial charge in [0.05, 0.1) is 12.1 Å². The summed E-state index contributed by atoms with van der Waals surface area (Å²) < 4.78 is 0. The third kappa shape index (κ3) is 7.65. The molecule has 2 aliphatic heterocycles. The fourth-order valence-electron chi connectivity index (χ4n) is 7.17. The van der Waals surface area contributed by atoms with Crippen LogP contribution in [-0.2, 0) is 14.4 Å². The normalized spacial score (nSPS) is 26.4. The van der Waals surface area contributed by atoms with Gasteiger partial charge >= 0.3 is 0 Å². The highest BCUT2D eigenvalue weighted by molar-refractivity contribution is 5.94. The van der Waals surface area contributed by atoms with Crippen molar-refractivity contribution in [2.45, 2.75) is 136 Å². The molecule has 0 radical (unpaired) electrons. The highest BCUT2D eigenvalue weighted by Crippen LogP contribution is 2.36. The first-order chi connectivity index (χ1) is 18.4. The van der Waals surface area contributed by atoms with Crippen molar-refractivity contribution in [1.82, 2.24) is 20.0 Å². The smallest absolute Gasteiger partial charge is 0.249 e. The Morgan fingerprint density at radius 3 is 2.13 bits per heavy atom. The molecule has 1 saturated carbocycles. The van der Waals surface area contributed by atoms with Crippen molar-refractivity contribution in [3.63, 3.8) is 0 Å². The van der Waals surface area contributed by atoms with Gasteiger partial charge in [0, 0.05) is 31.2 Å². The number of rotatable bonds is 9. The Bertz CT molecular complexity index is 881. The van der Waals surface area contributed by atoms with E-state index >= 15 is 0 Å². The fraction of sp³-hybridized carbons (Fsp3) is 0.844. The van der Waals surface area contributed by atoms with Gasteiger partial charge in [-0.1, -0.05) is 53.0 Å². The summed E-state index contributed by atoms with van der Waals surface area (Å²) in [6.45, 7) is 16.1. The van der Waals surface area contributed by atoms with E-state index < -0.39 is 6.04 Å². The summed E-state index contributed by atoms with van der Waals surface area (Å²) in [5.41, 5.74) is 0.722. The summed E-state index contributed by atoms with van der Waals surface area (Å²) in [5.74, 6) is 0.711. The first-order valence-electron chi connectivity index (χ1n) is 15.8. The van der Waals surface area contributed by atoms with Crippen molar-refractivity contribution in [3.8, 4) is 0 Å². The molecule has 0 aromatic carbocycles. The Kier molecular flexibility index (Phi) is 11.5. The average Bonchev–Trinajstić information content (AvgIpc) is 2.92. The number of hydrogen-bond acceptors (Lipinski definition) is 4. The van der Waals surface area contributed by atoms with E-state index in [-0.39, 0.29) is 47.7 Å². The monoisotopic (exact) mass is 544 g/mol. The molecule has 2 saturated heterocycles. The maximum atomic E-state index is 13.9. The highest BCUT2D eigenvalue weighted by Gasteiger charge is 2.38. The summed E-state index contributed by atoms with van der Waals surface area (Å²) in [5, 5.41) is 3.14. The number of likely N-dealkylation sites (tertiary alicyclic amines) is 2. The molecule has 3 aliphatic rings. The minimum absolute atomic E-state index is 0.0426. The van der Waals surface area contributed by atoms with E-state index in [1.807, 2.05) is 33.9 Å². The van der Waals surface area contributed by atoms with Gasteiger partial charge < -0.3 is 15.1 Å². The zero-order valence-corrected chi connectivity index (χ0v) is 26.0. The second kappa shape index (κ2) is 14.1. The van der Waals surface area contributed by atoms with Crippen molar-refractivity contribution >= 4 is 17.7 Å². The Labute approximate surface area is 238 Å². The molecule has 0 aromatic rings. The maximum absolute atomic E-state index is 13.9. The van der Waals surface area contributed by atoms with Crippen molar-refractivity contribution in [2.75, 3.05) is 20.1 Å². The van der Waals surface area contributed by atoms with Gasteiger partial charge in [-0.05, 0) is 83.6 Å². The molecule has 0 spiro atoms. The van der Waals surface area contributed by atoms with Crippen LogP contribution in [-0.4, -0.2) is 82.8 Å². The minimum atomic E-state index is -0.603. The SMILES string of the molecule is CC(=C[C@H](C(C)C)N(C)C(=O)[C@@H](NC(=O)C1CCCCN1C(C)C)C(C)C)C(=O)N1CCCC2CCCCC21. The second-order valence-electron chi connectivity index (χ2n) is 13.4. The van der Waals surface area contributed by atoms with Crippen molar-refractivity contribution < 1.29 is 14.4 Å². The molecule has 7 heteroatoms. The number of carbonyl (C=O) groups excluding carboxylic acids is 3. The second-order valence-corrected chi connectivity index (χ2v) is 13.4. The van der Waals surface area contributed by atoms with E-state index in [0.717, 1.165) is 50.8 Å². The molecule has 2 heterocycles. The van der Waals surface area contributed by atoms with E-state index in [1.165, 1.54) is 25.7 Å². The number of nitrogens with zero attached hydrogens (tertiary/aromatic N) is 3. The van der Waals surface area contributed by atoms with Crippen LogP contribution in [0.2, 0.25) is 0 Å². The molecule has 0 aromatic heterocycles. The molecule has 3 fully saturated rings. The Balaban J connectivity index is 1.74. The Hall–Kier alpha value is -1.89. The number of carbonyl (C=O) groups is 3. The Morgan fingerprint density at radius 2 is 1.49 bits per heavy atom. The molecule has 3 unspecified atom stereocenters. The van der Waals surface area contributed by atoms with Crippen LogP contribution in [0.15, 0.2) is 11.6 Å². The van der Waals surface area contributed by atoms with Gasteiger partial charge in [0.25, 0.3) is 0 Å².